The van der Waals surface area contributed by atoms with E-state index < -0.39 is 0 Å². The second kappa shape index (κ2) is 7.77. The number of ether oxygens (including phenoxy) is 1. The number of hydrogen-bond donors (Lipinski definition) is 1. The summed E-state index contributed by atoms with van der Waals surface area (Å²) in [6.07, 6.45) is 1.31. The SMILES string of the molecule is COCC(NCC1CCN(C(C)C)C1)c1ccccc1. The van der Waals surface area contributed by atoms with Crippen LogP contribution in [0.15, 0.2) is 30.3 Å². The number of rotatable bonds is 7. The number of benzene rings is 1. The van der Waals surface area contributed by atoms with Gasteiger partial charge in [0.1, 0.15) is 0 Å². The van der Waals surface area contributed by atoms with E-state index in [-0.39, 0.29) is 0 Å². The van der Waals surface area contributed by atoms with E-state index in [2.05, 4.69) is 54.4 Å². The normalized spacial score (nSPS) is 21.5. The van der Waals surface area contributed by atoms with Crippen molar-refractivity contribution in [2.45, 2.75) is 32.4 Å². The summed E-state index contributed by atoms with van der Waals surface area (Å²) in [6, 6.07) is 11.6. The van der Waals surface area contributed by atoms with Crippen LogP contribution in [0.5, 0.6) is 0 Å². The first kappa shape index (κ1) is 15.5. The zero-order valence-electron chi connectivity index (χ0n) is 13.0. The van der Waals surface area contributed by atoms with Crippen molar-refractivity contribution in [3.05, 3.63) is 35.9 Å². The van der Waals surface area contributed by atoms with E-state index in [0.717, 1.165) is 19.1 Å². The molecule has 0 amide bonds. The monoisotopic (exact) mass is 276 g/mol. The number of nitrogens with one attached hydrogen (secondary N) is 1. The van der Waals surface area contributed by atoms with Crippen molar-refractivity contribution in [2.24, 2.45) is 5.92 Å². The fourth-order valence-electron chi connectivity index (χ4n) is 2.93. The van der Waals surface area contributed by atoms with Crippen molar-refractivity contribution in [1.29, 1.82) is 0 Å². The average molecular weight is 276 g/mol. The molecular weight excluding hydrogens is 248 g/mol. The summed E-state index contributed by atoms with van der Waals surface area (Å²) >= 11 is 0. The second-order valence-corrected chi connectivity index (χ2v) is 6.07. The van der Waals surface area contributed by atoms with Gasteiger partial charge in [0.15, 0.2) is 0 Å². The molecule has 1 aromatic carbocycles. The summed E-state index contributed by atoms with van der Waals surface area (Å²) in [7, 11) is 1.77. The molecule has 0 aromatic heterocycles. The highest BCUT2D eigenvalue weighted by Gasteiger charge is 2.24. The van der Waals surface area contributed by atoms with Gasteiger partial charge in [-0.3, -0.25) is 0 Å². The van der Waals surface area contributed by atoms with Gasteiger partial charge in [-0.15, -0.1) is 0 Å². The topological polar surface area (TPSA) is 24.5 Å². The first-order valence-corrected chi connectivity index (χ1v) is 7.72. The fourth-order valence-corrected chi connectivity index (χ4v) is 2.93. The molecule has 1 heterocycles. The van der Waals surface area contributed by atoms with Crippen LogP contribution in [0.4, 0.5) is 0 Å². The van der Waals surface area contributed by atoms with Crippen LogP contribution in [-0.4, -0.2) is 44.3 Å². The number of likely N-dealkylation sites (tertiary alicyclic amines) is 1. The van der Waals surface area contributed by atoms with Crippen molar-refractivity contribution < 1.29 is 4.74 Å². The predicted octanol–water partition coefficient (Wildman–Crippen LogP) is 2.69. The first-order valence-electron chi connectivity index (χ1n) is 7.72. The largest absolute Gasteiger partial charge is 0.383 e. The molecule has 2 rings (SSSR count). The molecule has 1 aliphatic heterocycles. The van der Waals surface area contributed by atoms with E-state index in [1.54, 1.807) is 7.11 Å². The molecule has 1 fully saturated rings. The molecule has 0 aliphatic carbocycles. The molecule has 3 nitrogen and oxygen atoms in total. The Hall–Kier alpha value is -0.900. The lowest BCUT2D eigenvalue weighted by Crippen LogP contribution is -2.33. The van der Waals surface area contributed by atoms with Gasteiger partial charge in [0, 0.05) is 19.7 Å². The van der Waals surface area contributed by atoms with Gasteiger partial charge < -0.3 is 15.0 Å². The zero-order chi connectivity index (χ0) is 14.4. The Labute approximate surface area is 123 Å². The maximum absolute atomic E-state index is 5.36. The third-order valence-corrected chi connectivity index (χ3v) is 4.24. The van der Waals surface area contributed by atoms with Gasteiger partial charge in [-0.25, -0.2) is 0 Å². The molecule has 1 aliphatic rings. The van der Waals surface area contributed by atoms with Gasteiger partial charge in [-0.1, -0.05) is 30.3 Å². The number of methoxy groups -OCH3 is 1. The quantitative estimate of drug-likeness (QED) is 0.828. The summed E-state index contributed by atoms with van der Waals surface area (Å²) < 4.78 is 5.36. The summed E-state index contributed by atoms with van der Waals surface area (Å²) in [5.74, 6) is 0.764. The highest BCUT2D eigenvalue weighted by atomic mass is 16.5. The highest BCUT2D eigenvalue weighted by molar-refractivity contribution is 5.18. The van der Waals surface area contributed by atoms with Crippen LogP contribution in [0.2, 0.25) is 0 Å². The smallest absolute Gasteiger partial charge is 0.0657 e. The molecule has 112 valence electrons. The maximum atomic E-state index is 5.36. The summed E-state index contributed by atoms with van der Waals surface area (Å²) in [5.41, 5.74) is 1.31. The molecule has 3 heteroatoms. The average Bonchev–Trinajstić information content (AvgIpc) is 2.93. The Kier molecular flexibility index (Phi) is 6.02. The zero-order valence-corrected chi connectivity index (χ0v) is 13.0. The van der Waals surface area contributed by atoms with Gasteiger partial charge in [-0.05, 0) is 44.8 Å². The molecule has 0 radical (unpaired) electrons. The second-order valence-electron chi connectivity index (χ2n) is 6.07. The minimum Gasteiger partial charge on any atom is -0.383 e. The van der Waals surface area contributed by atoms with Crippen LogP contribution >= 0.6 is 0 Å². The molecule has 20 heavy (non-hydrogen) atoms. The highest BCUT2D eigenvalue weighted by Crippen LogP contribution is 2.19. The third-order valence-electron chi connectivity index (χ3n) is 4.24. The molecule has 1 aromatic rings. The van der Waals surface area contributed by atoms with E-state index in [9.17, 15) is 0 Å². The lowest BCUT2D eigenvalue weighted by Gasteiger charge is -2.22. The Morgan fingerprint density at radius 3 is 2.65 bits per heavy atom. The predicted molar refractivity (Wildman–Crippen MR) is 83.9 cm³/mol. The van der Waals surface area contributed by atoms with E-state index in [0.29, 0.717) is 12.1 Å². The van der Waals surface area contributed by atoms with E-state index in [4.69, 9.17) is 4.74 Å². The van der Waals surface area contributed by atoms with Crippen LogP contribution < -0.4 is 5.32 Å². The van der Waals surface area contributed by atoms with Crippen LogP contribution in [-0.2, 0) is 4.74 Å². The Bertz CT molecular complexity index is 380. The standard InChI is InChI=1S/C17H28N2O/c1-14(2)19-10-9-15(12-19)11-18-17(13-20-3)16-7-5-4-6-8-16/h4-8,14-15,17-18H,9-13H2,1-3H3. The maximum Gasteiger partial charge on any atom is 0.0657 e. The van der Waals surface area contributed by atoms with Crippen LogP contribution in [0.3, 0.4) is 0 Å². The lowest BCUT2D eigenvalue weighted by molar-refractivity contribution is 0.164. The van der Waals surface area contributed by atoms with E-state index >= 15 is 0 Å². The third kappa shape index (κ3) is 4.30. The van der Waals surface area contributed by atoms with E-state index in [1.165, 1.54) is 25.1 Å². The van der Waals surface area contributed by atoms with Gasteiger partial charge >= 0.3 is 0 Å². The van der Waals surface area contributed by atoms with Crippen molar-refractivity contribution in [1.82, 2.24) is 10.2 Å². The van der Waals surface area contributed by atoms with Gasteiger partial charge in [-0.2, -0.15) is 0 Å². The molecule has 1 N–H and O–H groups in total. The molecular formula is C17H28N2O. The lowest BCUT2D eigenvalue weighted by atomic mass is 10.1. The summed E-state index contributed by atoms with van der Waals surface area (Å²) in [5, 5.41) is 3.69. The Morgan fingerprint density at radius 2 is 2.05 bits per heavy atom. The number of nitrogens with zero attached hydrogens (tertiary/aromatic N) is 1. The van der Waals surface area contributed by atoms with E-state index in [1.807, 2.05) is 0 Å². The molecule has 2 atom stereocenters. The van der Waals surface area contributed by atoms with Gasteiger partial charge in [0.2, 0.25) is 0 Å². The van der Waals surface area contributed by atoms with Gasteiger partial charge in [0.25, 0.3) is 0 Å². The molecule has 1 saturated heterocycles. The molecule has 0 saturated carbocycles. The Morgan fingerprint density at radius 1 is 1.30 bits per heavy atom. The number of hydrogen-bond acceptors (Lipinski definition) is 3. The molecule has 0 bridgehead atoms. The van der Waals surface area contributed by atoms with Crippen molar-refractivity contribution in [2.75, 3.05) is 33.4 Å². The fraction of sp³-hybridized carbons (Fsp3) is 0.647. The van der Waals surface area contributed by atoms with Gasteiger partial charge in [0.05, 0.1) is 12.6 Å². The first-order chi connectivity index (χ1) is 9.70. The van der Waals surface area contributed by atoms with Crippen LogP contribution in [0.25, 0.3) is 0 Å². The minimum atomic E-state index is 0.300. The molecule has 2 unspecified atom stereocenters. The van der Waals surface area contributed by atoms with Crippen molar-refractivity contribution in [3.63, 3.8) is 0 Å². The Balaban J connectivity index is 1.84. The van der Waals surface area contributed by atoms with Crippen LogP contribution in [0, 0.1) is 5.92 Å². The van der Waals surface area contributed by atoms with Crippen LogP contribution in [0.1, 0.15) is 31.9 Å². The van der Waals surface area contributed by atoms with Crippen molar-refractivity contribution >= 4 is 0 Å². The van der Waals surface area contributed by atoms with Crippen molar-refractivity contribution in [3.8, 4) is 0 Å². The minimum absolute atomic E-state index is 0.300. The molecule has 0 spiro atoms. The summed E-state index contributed by atoms with van der Waals surface area (Å²) in [6.45, 7) is 8.83. The summed E-state index contributed by atoms with van der Waals surface area (Å²) in [4.78, 5) is 2.57.